The molecule has 0 heterocycles. The molecule has 0 radical (unpaired) electrons. The van der Waals surface area contributed by atoms with Crippen molar-refractivity contribution in [3.05, 3.63) is 35.9 Å². The molecule has 6 heteroatoms. The number of ether oxygens (including phenoxy) is 1. The minimum atomic E-state index is -0.627. The lowest BCUT2D eigenvalue weighted by molar-refractivity contribution is -0.160. The average molecular weight is 394 g/mol. The molecule has 0 bridgehead atoms. The lowest BCUT2D eigenvalue weighted by atomic mass is 9.92. The van der Waals surface area contributed by atoms with Crippen LogP contribution in [0.4, 0.5) is 0 Å². The summed E-state index contributed by atoms with van der Waals surface area (Å²) in [5, 5.41) is 1.95. The molecular weight excluding hydrogens is 362 g/mol. The van der Waals surface area contributed by atoms with E-state index in [1.165, 1.54) is 0 Å². The van der Waals surface area contributed by atoms with Gasteiger partial charge in [0, 0.05) is 24.3 Å². The quantitative estimate of drug-likeness (QED) is 0.674. The van der Waals surface area contributed by atoms with Gasteiger partial charge in [0.15, 0.2) is 0 Å². The molecule has 0 aromatic heterocycles. The number of esters is 1. The molecule has 1 rings (SSSR count). The van der Waals surface area contributed by atoms with E-state index in [-0.39, 0.29) is 29.3 Å². The van der Waals surface area contributed by atoms with E-state index in [2.05, 4.69) is 5.32 Å². The summed E-state index contributed by atoms with van der Waals surface area (Å²) in [5.74, 6) is -0.884. The Bertz CT molecular complexity index is 637. The molecule has 0 aliphatic rings. The summed E-state index contributed by atoms with van der Waals surface area (Å²) in [6, 6.07) is 8.89. The van der Waals surface area contributed by atoms with Crippen LogP contribution in [0, 0.1) is 11.8 Å². The molecule has 0 aliphatic heterocycles. The topological polar surface area (TPSA) is 72.5 Å². The summed E-state index contributed by atoms with van der Waals surface area (Å²) in [5.41, 5.74) is -0.0743. The third-order valence-corrected chi connectivity index (χ3v) is 5.06. The van der Waals surface area contributed by atoms with Crippen LogP contribution in [0.5, 0.6) is 0 Å². The zero-order chi connectivity index (χ0) is 20.6. The first-order valence-electron chi connectivity index (χ1n) is 9.23. The molecule has 0 spiro atoms. The summed E-state index contributed by atoms with van der Waals surface area (Å²) in [7, 11) is 1.55. The van der Waals surface area contributed by atoms with Crippen LogP contribution in [-0.2, 0) is 14.3 Å². The largest absolute Gasteiger partial charge is 0.460 e. The zero-order valence-corrected chi connectivity index (χ0v) is 17.9. The van der Waals surface area contributed by atoms with Crippen molar-refractivity contribution in [2.45, 2.75) is 58.3 Å². The third-order valence-electron chi connectivity index (χ3n) is 3.82. The van der Waals surface area contributed by atoms with Crippen LogP contribution in [-0.4, -0.2) is 34.9 Å². The maximum atomic E-state index is 12.8. The van der Waals surface area contributed by atoms with Crippen molar-refractivity contribution in [3.63, 3.8) is 0 Å². The highest BCUT2D eigenvalue weighted by molar-refractivity contribution is 8.14. The van der Waals surface area contributed by atoms with Crippen molar-refractivity contribution in [1.29, 1.82) is 0 Å². The Morgan fingerprint density at radius 3 is 2.19 bits per heavy atom. The number of thioether (sulfide) groups is 1. The Labute approximate surface area is 166 Å². The van der Waals surface area contributed by atoms with Gasteiger partial charge < -0.3 is 10.1 Å². The Morgan fingerprint density at radius 2 is 1.70 bits per heavy atom. The SMILES string of the molecule is CNC(=O)CC(SC(=O)c1ccccc1)C(CC(C)C)C(=O)OC(C)(C)C. The molecule has 1 amide bonds. The minimum absolute atomic E-state index is 0.0797. The Morgan fingerprint density at radius 1 is 1.11 bits per heavy atom. The van der Waals surface area contributed by atoms with Crippen LogP contribution in [0.15, 0.2) is 30.3 Å². The van der Waals surface area contributed by atoms with Crippen LogP contribution in [0.25, 0.3) is 0 Å². The van der Waals surface area contributed by atoms with Gasteiger partial charge in [-0.15, -0.1) is 0 Å². The van der Waals surface area contributed by atoms with Crippen LogP contribution in [0.1, 0.15) is 57.8 Å². The predicted molar refractivity (Wildman–Crippen MR) is 110 cm³/mol. The fourth-order valence-corrected chi connectivity index (χ4v) is 3.78. The Hall–Kier alpha value is -1.82. The first kappa shape index (κ1) is 23.2. The molecule has 0 fully saturated rings. The van der Waals surface area contributed by atoms with Crippen LogP contribution >= 0.6 is 11.8 Å². The van der Waals surface area contributed by atoms with Gasteiger partial charge in [0.05, 0.1) is 5.92 Å². The van der Waals surface area contributed by atoms with Crippen molar-refractivity contribution in [3.8, 4) is 0 Å². The van der Waals surface area contributed by atoms with E-state index in [1.807, 2.05) is 40.7 Å². The molecule has 27 heavy (non-hydrogen) atoms. The normalized spacial score (nSPS) is 13.7. The lowest BCUT2D eigenvalue weighted by Gasteiger charge is -2.29. The van der Waals surface area contributed by atoms with E-state index < -0.39 is 16.8 Å². The summed E-state index contributed by atoms with van der Waals surface area (Å²) in [4.78, 5) is 37.6. The second kappa shape index (κ2) is 10.5. The average Bonchev–Trinajstić information content (AvgIpc) is 2.57. The molecule has 150 valence electrons. The maximum Gasteiger partial charge on any atom is 0.310 e. The van der Waals surface area contributed by atoms with Gasteiger partial charge >= 0.3 is 5.97 Å². The van der Waals surface area contributed by atoms with Crippen molar-refractivity contribution in [2.24, 2.45) is 11.8 Å². The number of rotatable bonds is 8. The van der Waals surface area contributed by atoms with E-state index in [1.54, 1.807) is 31.3 Å². The van der Waals surface area contributed by atoms with Crippen molar-refractivity contribution in [1.82, 2.24) is 5.32 Å². The summed E-state index contributed by atoms with van der Waals surface area (Å²) < 4.78 is 5.59. The minimum Gasteiger partial charge on any atom is -0.460 e. The highest BCUT2D eigenvalue weighted by Gasteiger charge is 2.36. The van der Waals surface area contributed by atoms with Crippen molar-refractivity contribution >= 4 is 28.8 Å². The van der Waals surface area contributed by atoms with Crippen molar-refractivity contribution in [2.75, 3.05) is 7.05 Å². The van der Waals surface area contributed by atoms with Gasteiger partial charge in [0.25, 0.3) is 0 Å². The second-order valence-corrected chi connectivity index (χ2v) is 9.17. The highest BCUT2D eigenvalue weighted by Crippen LogP contribution is 2.32. The molecule has 2 unspecified atom stereocenters. The number of carbonyl (C=O) groups is 3. The third kappa shape index (κ3) is 8.61. The number of benzene rings is 1. The first-order valence-corrected chi connectivity index (χ1v) is 10.1. The predicted octanol–water partition coefficient (Wildman–Crippen LogP) is 4.07. The van der Waals surface area contributed by atoms with Gasteiger partial charge in [0.1, 0.15) is 5.60 Å². The van der Waals surface area contributed by atoms with Gasteiger partial charge in [-0.3, -0.25) is 14.4 Å². The number of amides is 1. The number of hydrogen-bond acceptors (Lipinski definition) is 5. The Balaban J connectivity index is 3.11. The summed E-state index contributed by atoms with van der Waals surface area (Å²) >= 11 is 1.05. The van der Waals surface area contributed by atoms with Gasteiger partial charge in [-0.2, -0.15) is 0 Å². The van der Waals surface area contributed by atoms with E-state index >= 15 is 0 Å². The molecule has 2 atom stereocenters. The second-order valence-electron chi connectivity index (χ2n) is 7.96. The fourth-order valence-electron chi connectivity index (χ4n) is 2.62. The molecule has 0 aliphatic carbocycles. The highest BCUT2D eigenvalue weighted by atomic mass is 32.2. The molecule has 1 aromatic carbocycles. The molecule has 0 saturated carbocycles. The van der Waals surface area contributed by atoms with E-state index in [0.717, 1.165) is 11.8 Å². The number of carbonyl (C=O) groups excluding carboxylic acids is 3. The van der Waals surface area contributed by atoms with Crippen LogP contribution < -0.4 is 5.32 Å². The van der Waals surface area contributed by atoms with Gasteiger partial charge in [-0.1, -0.05) is 55.9 Å². The van der Waals surface area contributed by atoms with E-state index in [0.29, 0.717) is 12.0 Å². The van der Waals surface area contributed by atoms with E-state index in [4.69, 9.17) is 4.74 Å². The van der Waals surface area contributed by atoms with E-state index in [9.17, 15) is 14.4 Å². The van der Waals surface area contributed by atoms with Gasteiger partial charge in [-0.25, -0.2) is 0 Å². The smallest absolute Gasteiger partial charge is 0.310 e. The molecule has 1 aromatic rings. The molecular formula is C21H31NO4S. The molecule has 5 nitrogen and oxygen atoms in total. The lowest BCUT2D eigenvalue weighted by Crippen LogP contribution is -2.37. The number of hydrogen-bond donors (Lipinski definition) is 1. The molecule has 0 saturated heterocycles. The fraction of sp³-hybridized carbons (Fsp3) is 0.571. The molecule has 1 N–H and O–H groups in total. The standard InChI is InChI=1S/C21H31NO4S/c1-14(2)12-16(19(24)26-21(3,4)5)17(13-18(23)22-6)27-20(25)15-10-8-7-9-11-15/h7-11,14,16-17H,12-13H2,1-6H3,(H,22,23). The van der Waals surface area contributed by atoms with Gasteiger partial charge in [-0.05, 0) is 33.1 Å². The van der Waals surface area contributed by atoms with Crippen LogP contribution in [0.2, 0.25) is 0 Å². The summed E-state index contributed by atoms with van der Waals surface area (Å²) in [6.07, 6.45) is 0.627. The van der Waals surface area contributed by atoms with Gasteiger partial charge in [0.2, 0.25) is 11.0 Å². The van der Waals surface area contributed by atoms with Crippen LogP contribution in [0.3, 0.4) is 0 Å². The monoisotopic (exact) mass is 393 g/mol. The Kier molecular flexibility index (Phi) is 9.03. The van der Waals surface area contributed by atoms with Crippen molar-refractivity contribution < 1.29 is 19.1 Å². The first-order chi connectivity index (χ1) is 12.5. The zero-order valence-electron chi connectivity index (χ0n) is 17.1. The summed E-state index contributed by atoms with van der Waals surface area (Å²) in [6.45, 7) is 9.46. The maximum absolute atomic E-state index is 12.8. The number of nitrogens with one attached hydrogen (secondary N) is 1.